The molecule has 0 aliphatic rings. The molecule has 0 heterocycles. The maximum Gasteiger partial charge on any atom is 0.251 e. The number of aliphatic hydroxyl groups excluding tert-OH is 2. The molecule has 0 bridgehead atoms. The molecular weight excluding hydrogens is 520 g/mol. The van der Waals surface area contributed by atoms with Crippen LogP contribution in [0, 0.1) is 23.7 Å². The SMILES string of the molecule is COc1ccc(CCCC(=O)Nc2ccc(C#CC#Cc3ccc(C(=O)N[C@H](C(=O)CO)[C@@H](C)O)cc3)cc2)cc1. The van der Waals surface area contributed by atoms with Gasteiger partial charge in [-0.05, 0) is 97.8 Å². The maximum absolute atomic E-state index is 12.4. The van der Waals surface area contributed by atoms with Crippen LogP contribution in [-0.4, -0.2) is 53.7 Å². The summed E-state index contributed by atoms with van der Waals surface area (Å²) < 4.78 is 5.16. The monoisotopic (exact) mass is 552 g/mol. The smallest absolute Gasteiger partial charge is 0.251 e. The molecule has 0 aromatic heterocycles. The van der Waals surface area contributed by atoms with Crippen LogP contribution < -0.4 is 15.4 Å². The Morgan fingerprint density at radius 1 is 0.878 bits per heavy atom. The molecule has 0 radical (unpaired) electrons. The zero-order valence-corrected chi connectivity index (χ0v) is 22.9. The highest BCUT2D eigenvalue weighted by Crippen LogP contribution is 2.14. The highest BCUT2D eigenvalue weighted by Gasteiger charge is 2.25. The average Bonchev–Trinajstić information content (AvgIpc) is 2.99. The predicted octanol–water partition coefficient (Wildman–Crippen LogP) is 3.10. The van der Waals surface area contributed by atoms with Crippen molar-refractivity contribution >= 4 is 23.3 Å². The van der Waals surface area contributed by atoms with Crippen molar-refractivity contribution in [2.75, 3.05) is 19.0 Å². The van der Waals surface area contributed by atoms with Crippen molar-refractivity contribution < 1.29 is 29.3 Å². The number of amides is 2. The molecule has 0 saturated carbocycles. The van der Waals surface area contributed by atoms with Gasteiger partial charge in [0.05, 0.1) is 13.2 Å². The molecule has 210 valence electrons. The molecule has 2 atom stereocenters. The van der Waals surface area contributed by atoms with Crippen LogP contribution in [0.1, 0.15) is 46.8 Å². The normalized spacial score (nSPS) is 11.5. The van der Waals surface area contributed by atoms with Crippen molar-refractivity contribution in [2.45, 2.75) is 38.3 Å². The Hall–Kier alpha value is -4.89. The molecule has 0 spiro atoms. The number of rotatable bonds is 11. The maximum atomic E-state index is 12.4. The van der Waals surface area contributed by atoms with Gasteiger partial charge in [0.1, 0.15) is 18.4 Å². The molecule has 3 aromatic rings. The van der Waals surface area contributed by atoms with E-state index in [0.29, 0.717) is 17.7 Å². The van der Waals surface area contributed by atoms with Crippen LogP contribution >= 0.6 is 0 Å². The lowest BCUT2D eigenvalue weighted by Gasteiger charge is -2.19. The topological polar surface area (TPSA) is 125 Å². The summed E-state index contributed by atoms with van der Waals surface area (Å²) in [6.45, 7) is 0.580. The summed E-state index contributed by atoms with van der Waals surface area (Å²) in [6, 6.07) is 20.2. The van der Waals surface area contributed by atoms with Crippen molar-refractivity contribution in [1.82, 2.24) is 5.32 Å². The minimum Gasteiger partial charge on any atom is -0.497 e. The van der Waals surface area contributed by atoms with E-state index in [4.69, 9.17) is 9.84 Å². The number of nitrogens with one attached hydrogen (secondary N) is 2. The van der Waals surface area contributed by atoms with Crippen LogP contribution in [-0.2, 0) is 16.0 Å². The number of hydrogen-bond acceptors (Lipinski definition) is 6. The lowest BCUT2D eigenvalue weighted by atomic mass is 10.1. The Morgan fingerprint density at radius 2 is 1.46 bits per heavy atom. The second kappa shape index (κ2) is 15.6. The Bertz CT molecular complexity index is 1460. The molecule has 0 saturated heterocycles. The lowest BCUT2D eigenvalue weighted by Crippen LogP contribution is -2.48. The molecule has 8 heteroatoms. The van der Waals surface area contributed by atoms with E-state index in [-0.39, 0.29) is 11.5 Å². The quantitative estimate of drug-likeness (QED) is 0.271. The minimum atomic E-state index is -1.19. The van der Waals surface area contributed by atoms with Crippen molar-refractivity contribution in [3.05, 3.63) is 95.1 Å². The van der Waals surface area contributed by atoms with Crippen molar-refractivity contribution in [1.29, 1.82) is 0 Å². The predicted molar refractivity (Wildman–Crippen MR) is 156 cm³/mol. The van der Waals surface area contributed by atoms with Crippen LogP contribution in [0.3, 0.4) is 0 Å². The van der Waals surface area contributed by atoms with Crippen LogP contribution in [0.5, 0.6) is 5.75 Å². The molecule has 0 aliphatic heterocycles. The first-order valence-electron chi connectivity index (χ1n) is 13.1. The summed E-state index contributed by atoms with van der Waals surface area (Å²) in [6.07, 6.45) is 0.828. The van der Waals surface area contributed by atoms with Crippen molar-refractivity contribution in [3.63, 3.8) is 0 Å². The number of hydrogen-bond donors (Lipinski definition) is 4. The van der Waals surface area contributed by atoms with E-state index in [1.54, 1.807) is 55.6 Å². The minimum absolute atomic E-state index is 0.0480. The highest BCUT2D eigenvalue weighted by atomic mass is 16.5. The Balaban J connectivity index is 1.46. The van der Waals surface area contributed by atoms with Gasteiger partial charge < -0.3 is 25.6 Å². The van der Waals surface area contributed by atoms with E-state index >= 15 is 0 Å². The van der Waals surface area contributed by atoms with Gasteiger partial charge in [-0.3, -0.25) is 14.4 Å². The third-order valence-corrected chi connectivity index (χ3v) is 6.09. The molecule has 3 rings (SSSR count). The Kier molecular flexibility index (Phi) is 11.7. The third kappa shape index (κ3) is 9.98. The molecule has 4 N–H and O–H groups in total. The molecular formula is C33H32N2O6. The fraction of sp³-hybridized carbons (Fsp3) is 0.242. The molecule has 41 heavy (non-hydrogen) atoms. The van der Waals surface area contributed by atoms with E-state index in [2.05, 4.69) is 34.3 Å². The number of anilines is 1. The molecule has 0 aliphatic carbocycles. The summed E-state index contributed by atoms with van der Waals surface area (Å²) in [7, 11) is 1.63. The number of ether oxygens (including phenoxy) is 1. The summed E-state index contributed by atoms with van der Waals surface area (Å²) in [4.78, 5) is 36.3. The van der Waals surface area contributed by atoms with Gasteiger partial charge >= 0.3 is 0 Å². The molecule has 8 nitrogen and oxygen atoms in total. The van der Waals surface area contributed by atoms with Gasteiger partial charge in [-0.1, -0.05) is 24.0 Å². The van der Waals surface area contributed by atoms with Gasteiger partial charge in [-0.2, -0.15) is 0 Å². The zero-order chi connectivity index (χ0) is 29.6. The van der Waals surface area contributed by atoms with E-state index < -0.39 is 30.4 Å². The first-order chi connectivity index (χ1) is 19.8. The number of carbonyl (C=O) groups excluding carboxylic acids is 3. The second-order valence-electron chi connectivity index (χ2n) is 9.22. The second-order valence-corrected chi connectivity index (χ2v) is 9.22. The van der Waals surface area contributed by atoms with Crippen molar-refractivity contribution in [2.24, 2.45) is 0 Å². The van der Waals surface area contributed by atoms with Gasteiger partial charge in [-0.15, -0.1) is 0 Å². The fourth-order valence-corrected chi connectivity index (χ4v) is 3.81. The molecule has 3 aromatic carbocycles. The number of Topliss-reactive ketones (excluding diaryl/α,β-unsaturated/α-hetero) is 1. The van der Waals surface area contributed by atoms with E-state index in [9.17, 15) is 19.5 Å². The van der Waals surface area contributed by atoms with Gasteiger partial charge in [0.15, 0.2) is 5.78 Å². The van der Waals surface area contributed by atoms with E-state index in [1.807, 2.05) is 24.3 Å². The van der Waals surface area contributed by atoms with Gasteiger partial charge in [0.25, 0.3) is 5.91 Å². The number of methoxy groups -OCH3 is 1. The largest absolute Gasteiger partial charge is 0.497 e. The summed E-state index contributed by atoms with van der Waals surface area (Å²) >= 11 is 0. The first kappa shape index (κ1) is 30.6. The fourth-order valence-electron chi connectivity index (χ4n) is 3.81. The zero-order valence-electron chi connectivity index (χ0n) is 22.9. The van der Waals surface area contributed by atoms with E-state index in [1.165, 1.54) is 6.92 Å². The third-order valence-electron chi connectivity index (χ3n) is 6.09. The summed E-state index contributed by atoms with van der Waals surface area (Å²) in [5.74, 6) is 10.9. The summed E-state index contributed by atoms with van der Waals surface area (Å²) in [5, 5.41) is 24.0. The number of aliphatic hydroxyl groups is 2. The van der Waals surface area contributed by atoms with Crippen LogP contribution in [0.2, 0.25) is 0 Å². The van der Waals surface area contributed by atoms with Gasteiger partial charge in [0, 0.05) is 28.8 Å². The standard InChI is InChI=1S/C33H32N2O6/c1-23(37)32(30(38)22-36)35-33(40)27-16-10-24(11-17-27)6-3-4-7-25-12-18-28(19-13-25)34-31(39)9-5-8-26-14-20-29(41-2)21-15-26/h10-21,23,32,36-37H,5,8-9,22H2,1-2H3,(H,34,39)(H,35,40)/t23-,32+/m1/s1. The number of benzene rings is 3. The average molecular weight is 553 g/mol. The van der Waals surface area contributed by atoms with Crippen LogP contribution in [0.4, 0.5) is 5.69 Å². The van der Waals surface area contributed by atoms with Gasteiger partial charge in [0.2, 0.25) is 5.91 Å². The van der Waals surface area contributed by atoms with E-state index in [0.717, 1.165) is 29.7 Å². The van der Waals surface area contributed by atoms with Crippen LogP contribution in [0.25, 0.3) is 0 Å². The Labute approximate surface area is 239 Å². The van der Waals surface area contributed by atoms with Gasteiger partial charge in [-0.25, -0.2) is 0 Å². The summed E-state index contributed by atoms with van der Waals surface area (Å²) in [5.41, 5.74) is 3.51. The molecule has 0 fully saturated rings. The number of ketones is 1. The lowest BCUT2D eigenvalue weighted by molar-refractivity contribution is -0.126. The molecule has 0 unspecified atom stereocenters. The van der Waals surface area contributed by atoms with Crippen molar-refractivity contribution in [3.8, 4) is 29.4 Å². The first-order valence-corrected chi connectivity index (χ1v) is 13.1. The van der Waals surface area contributed by atoms with Crippen LogP contribution in [0.15, 0.2) is 72.8 Å². The number of aryl methyl sites for hydroxylation is 1. The highest BCUT2D eigenvalue weighted by molar-refractivity contribution is 5.98. The number of carbonyl (C=O) groups is 3. The molecule has 2 amide bonds. The Morgan fingerprint density at radius 3 is 2.00 bits per heavy atom.